The molecule has 0 bridgehead atoms. The predicted molar refractivity (Wildman–Crippen MR) is 113 cm³/mol. The normalized spacial score (nSPS) is 20.1. The molecule has 2 rings (SSSR count). The van der Waals surface area contributed by atoms with Crippen molar-refractivity contribution < 1.29 is 9.13 Å². The molecule has 0 saturated carbocycles. The number of aliphatic imine (C=N–C) groups is 1. The topological polar surface area (TPSA) is 48.9 Å². The number of hydrogen-bond acceptors (Lipinski definition) is 3. The number of halogens is 2. The second-order valence-corrected chi connectivity index (χ2v) is 6.51. The maximum atomic E-state index is 13.2. The highest BCUT2D eigenvalue weighted by atomic mass is 127. The molecule has 0 aliphatic carbocycles. The Balaban J connectivity index is 0.00000312. The van der Waals surface area contributed by atoms with E-state index in [9.17, 15) is 4.39 Å². The van der Waals surface area contributed by atoms with Crippen molar-refractivity contribution in [2.75, 3.05) is 45.2 Å². The van der Waals surface area contributed by atoms with Gasteiger partial charge in [-0.15, -0.1) is 24.0 Å². The van der Waals surface area contributed by atoms with Crippen molar-refractivity contribution in [1.82, 2.24) is 10.6 Å². The van der Waals surface area contributed by atoms with Crippen LogP contribution in [-0.4, -0.2) is 51.9 Å². The quantitative estimate of drug-likeness (QED) is 0.282. The minimum absolute atomic E-state index is 0. The van der Waals surface area contributed by atoms with Crippen LogP contribution in [0.5, 0.6) is 0 Å². The third-order valence-electron chi connectivity index (χ3n) is 4.37. The molecule has 1 saturated heterocycles. The molecule has 1 fully saturated rings. The fraction of sp³-hybridized carbons (Fsp3) is 0.611. The number of ether oxygens (including phenoxy) is 1. The average Bonchev–Trinajstić information content (AvgIpc) is 3.01. The molecule has 2 N–H and O–H groups in total. The largest absolute Gasteiger partial charge is 0.374 e. The van der Waals surface area contributed by atoms with Gasteiger partial charge in [-0.05, 0) is 44.4 Å². The molecule has 1 atom stereocenters. The molecule has 25 heavy (non-hydrogen) atoms. The summed E-state index contributed by atoms with van der Waals surface area (Å²) < 4.78 is 19.0. The van der Waals surface area contributed by atoms with Crippen LogP contribution in [0.1, 0.15) is 26.2 Å². The van der Waals surface area contributed by atoms with Gasteiger partial charge in [-0.3, -0.25) is 4.99 Å². The molecule has 0 aromatic heterocycles. The molecule has 1 aliphatic heterocycles. The van der Waals surface area contributed by atoms with Crippen molar-refractivity contribution >= 4 is 35.6 Å². The Morgan fingerprint density at radius 1 is 1.40 bits per heavy atom. The Bertz CT molecular complexity index is 550. The first-order chi connectivity index (χ1) is 11.5. The number of nitrogens with one attached hydrogen (secondary N) is 2. The zero-order chi connectivity index (χ0) is 17.4. The van der Waals surface area contributed by atoms with E-state index in [0.717, 1.165) is 57.2 Å². The van der Waals surface area contributed by atoms with E-state index in [1.807, 2.05) is 18.0 Å². The number of rotatable bonds is 7. The van der Waals surface area contributed by atoms with Gasteiger partial charge in [-0.25, -0.2) is 4.39 Å². The zero-order valence-electron chi connectivity index (χ0n) is 15.3. The molecule has 0 spiro atoms. The van der Waals surface area contributed by atoms with Gasteiger partial charge in [0.05, 0.1) is 5.60 Å². The summed E-state index contributed by atoms with van der Waals surface area (Å²) in [6.45, 7) is 5.38. The van der Waals surface area contributed by atoms with Crippen LogP contribution in [0.15, 0.2) is 29.3 Å². The van der Waals surface area contributed by atoms with Gasteiger partial charge in [0, 0.05) is 46.0 Å². The van der Waals surface area contributed by atoms with Gasteiger partial charge in [-0.1, -0.05) is 6.07 Å². The van der Waals surface area contributed by atoms with Crippen LogP contribution >= 0.6 is 24.0 Å². The van der Waals surface area contributed by atoms with Crippen LogP contribution in [0.4, 0.5) is 10.1 Å². The van der Waals surface area contributed by atoms with Crippen molar-refractivity contribution in [2.45, 2.75) is 31.8 Å². The van der Waals surface area contributed by atoms with Crippen LogP contribution in [0, 0.1) is 5.82 Å². The lowest BCUT2D eigenvalue weighted by atomic mass is 10.0. The molecular weight excluding hydrogens is 434 g/mol. The van der Waals surface area contributed by atoms with Crippen molar-refractivity contribution in [3.05, 3.63) is 30.1 Å². The summed E-state index contributed by atoms with van der Waals surface area (Å²) in [5.74, 6) is 0.588. The van der Waals surface area contributed by atoms with Crippen LogP contribution in [0.25, 0.3) is 0 Å². The predicted octanol–water partition coefficient (Wildman–Crippen LogP) is 3.00. The fourth-order valence-corrected chi connectivity index (χ4v) is 2.83. The first-order valence-electron chi connectivity index (χ1n) is 8.58. The first kappa shape index (κ1) is 22.0. The molecular formula is C18H30FIN4O. The van der Waals surface area contributed by atoms with Crippen molar-refractivity contribution in [3.63, 3.8) is 0 Å². The molecule has 1 aliphatic rings. The Labute approximate surface area is 167 Å². The van der Waals surface area contributed by atoms with E-state index >= 15 is 0 Å². The van der Waals surface area contributed by atoms with Gasteiger partial charge in [0.1, 0.15) is 5.82 Å². The van der Waals surface area contributed by atoms with E-state index in [1.165, 1.54) is 6.07 Å². The Hall–Kier alpha value is -1.09. The number of hydrogen-bond donors (Lipinski definition) is 2. The summed E-state index contributed by atoms with van der Waals surface area (Å²) in [7, 11) is 3.74. The molecule has 5 nitrogen and oxygen atoms in total. The van der Waals surface area contributed by atoms with Gasteiger partial charge >= 0.3 is 0 Å². The Morgan fingerprint density at radius 3 is 2.84 bits per heavy atom. The first-order valence-corrected chi connectivity index (χ1v) is 8.58. The monoisotopic (exact) mass is 464 g/mol. The van der Waals surface area contributed by atoms with E-state index in [0.29, 0.717) is 0 Å². The smallest absolute Gasteiger partial charge is 0.191 e. The summed E-state index contributed by atoms with van der Waals surface area (Å²) in [6.07, 6.45) is 3.13. The van der Waals surface area contributed by atoms with Gasteiger partial charge in [0.15, 0.2) is 5.96 Å². The highest BCUT2D eigenvalue weighted by Crippen LogP contribution is 2.23. The van der Waals surface area contributed by atoms with Gasteiger partial charge in [0.2, 0.25) is 0 Å². The summed E-state index contributed by atoms with van der Waals surface area (Å²) in [5, 5.41) is 6.64. The molecule has 0 amide bonds. The van der Waals surface area contributed by atoms with E-state index < -0.39 is 0 Å². The average molecular weight is 464 g/mol. The number of anilines is 1. The summed E-state index contributed by atoms with van der Waals surface area (Å²) in [4.78, 5) is 6.29. The third-order valence-corrected chi connectivity index (χ3v) is 4.37. The lowest BCUT2D eigenvalue weighted by Gasteiger charge is -2.25. The van der Waals surface area contributed by atoms with Crippen molar-refractivity contribution in [3.8, 4) is 0 Å². The molecule has 1 aromatic carbocycles. The van der Waals surface area contributed by atoms with Gasteiger partial charge in [-0.2, -0.15) is 0 Å². The molecule has 142 valence electrons. The number of benzene rings is 1. The highest BCUT2D eigenvalue weighted by molar-refractivity contribution is 14.0. The minimum Gasteiger partial charge on any atom is -0.374 e. The summed E-state index contributed by atoms with van der Waals surface area (Å²) >= 11 is 0. The maximum Gasteiger partial charge on any atom is 0.191 e. The lowest BCUT2D eigenvalue weighted by Crippen LogP contribution is -2.46. The summed E-state index contributed by atoms with van der Waals surface area (Å²) in [6, 6.07) is 6.66. The van der Waals surface area contributed by atoms with E-state index in [-0.39, 0.29) is 35.4 Å². The SMILES string of the molecule is CN=C(NCCCN(C)c1cccc(F)c1)NCC1(C)CCCO1.I. The molecule has 7 heteroatoms. The lowest BCUT2D eigenvalue weighted by molar-refractivity contribution is 0.0243. The van der Waals surface area contributed by atoms with Crippen LogP contribution in [0.2, 0.25) is 0 Å². The molecule has 1 unspecified atom stereocenters. The van der Waals surface area contributed by atoms with Crippen molar-refractivity contribution in [1.29, 1.82) is 0 Å². The standard InChI is InChI=1S/C18H29FN4O.HI/c1-18(9-5-12-24-18)14-22-17(20-2)21-10-6-11-23(3)16-8-4-7-15(19)13-16;/h4,7-8,13H,5-6,9-12,14H2,1-3H3,(H2,20,21,22);1H. The van der Waals surface area contributed by atoms with Crippen LogP contribution < -0.4 is 15.5 Å². The molecule has 1 aromatic rings. The fourth-order valence-electron chi connectivity index (χ4n) is 2.83. The van der Waals surface area contributed by atoms with E-state index in [1.54, 1.807) is 19.2 Å². The van der Waals surface area contributed by atoms with Gasteiger partial charge < -0.3 is 20.3 Å². The van der Waals surface area contributed by atoms with E-state index in [4.69, 9.17) is 4.74 Å². The minimum atomic E-state index is -0.204. The summed E-state index contributed by atoms with van der Waals surface area (Å²) in [5.41, 5.74) is 0.804. The highest BCUT2D eigenvalue weighted by Gasteiger charge is 2.29. The maximum absolute atomic E-state index is 13.2. The second kappa shape index (κ2) is 10.8. The van der Waals surface area contributed by atoms with Crippen molar-refractivity contribution in [2.24, 2.45) is 4.99 Å². The van der Waals surface area contributed by atoms with Crippen LogP contribution in [-0.2, 0) is 4.74 Å². The molecule has 0 radical (unpaired) electrons. The van der Waals surface area contributed by atoms with E-state index in [2.05, 4.69) is 22.5 Å². The Morgan fingerprint density at radius 2 is 2.20 bits per heavy atom. The molecule has 1 heterocycles. The number of guanidine groups is 1. The van der Waals surface area contributed by atoms with Gasteiger partial charge in [0.25, 0.3) is 0 Å². The third kappa shape index (κ3) is 7.35. The zero-order valence-corrected chi connectivity index (χ0v) is 17.7. The van der Waals surface area contributed by atoms with Crippen LogP contribution in [0.3, 0.4) is 0 Å². The second-order valence-electron chi connectivity index (χ2n) is 6.51. The number of nitrogens with zero attached hydrogens (tertiary/aromatic N) is 2. The Kier molecular flexibility index (Phi) is 9.48.